The number of phenolic OH excluding ortho intramolecular Hbond substituents is 1. The van der Waals surface area contributed by atoms with E-state index in [4.69, 9.17) is 14.1 Å². The molecule has 1 aromatic carbocycles. The van der Waals surface area contributed by atoms with Crippen LogP contribution in [0.25, 0.3) is 22.3 Å². The normalized spacial score (nSPS) is 19.2. The van der Waals surface area contributed by atoms with Crippen molar-refractivity contribution >= 4 is 25.2 Å². The van der Waals surface area contributed by atoms with Crippen LogP contribution >= 0.6 is 0 Å². The number of aliphatic hydroxyl groups is 1. The van der Waals surface area contributed by atoms with Gasteiger partial charge in [0.1, 0.15) is 23.6 Å². The lowest BCUT2D eigenvalue weighted by Gasteiger charge is -2.36. The van der Waals surface area contributed by atoms with Gasteiger partial charge in [-0.1, -0.05) is 27.7 Å². The van der Waals surface area contributed by atoms with Crippen molar-refractivity contribution in [3.8, 4) is 22.9 Å². The van der Waals surface area contributed by atoms with E-state index in [0.717, 1.165) is 5.56 Å². The van der Waals surface area contributed by atoms with Gasteiger partial charge in [-0.15, -0.1) is 0 Å². The first-order chi connectivity index (χ1) is 16.3. The van der Waals surface area contributed by atoms with Crippen molar-refractivity contribution in [3.05, 3.63) is 51.3 Å². The van der Waals surface area contributed by atoms with E-state index in [1.54, 1.807) is 29.7 Å². The van der Waals surface area contributed by atoms with Crippen molar-refractivity contribution in [2.24, 2.45) is 0 Å². The highest BCUT2D eigenvalue weighted by Gasteiger charge is 2.45. The van der Waals surface area contributed by atoms with Gasteiger partial charge < -0.3 is 23.9 Å². The Hall–Kier alpha value is -3.17. The molecular weight excluding hydrogens is 464 g/mol. The maximum absolute atomic E-state index is 13.4. The van der Waals surface area contributed by atoms with Crippen molar-refractivity contribution in [1.82, 2.24) is 9.55 Å². The molecule has 0 unspecified atom stereocenters. The van der Waals surface area contributed by atoms with E-state index >= 15 is 0 Å². The molecule has 0 bridgehead atoms. The van der Waals surface area contributed by atoms with Gasteiger partial charge in [-0.05, 0) is 48.8 Å². The number of ether oxygens (including phenoxy) is 1. The summed E-state index contributed by atoms with van der Waals surface area (Å²) >= 11 is 0. The molecule has 2 aliphatic rings. The molecule has 0 amide bonds. The van der Waals surface area contributed by atoms with Crippen LogP contribution in [0.15, 0.2) is 29.1 Å². The average Bonchev–Trinajstić information content (AvgIpc) is 3.15. The molecule has 2 aromatic heterocycles. The van der Waals surface area contributed by atoms with Gasteiger partial charge in [-0.25, -0.2) is 9.78 Å². The monoisotopic (exact) mass is 494 g/mol. The van der Waals surface area contributed by atoms with Crippen molar-refractivity contribution < 1.29 is 24.2 Å². The Morgan fingerprint density at radius 1 is 1.23 bits per heavy atom. The lowest BCUT2D eigenvalue weighted by molar-refractivity contribution is -0.172. The molecule has 1 atom stereocenters. The van der Waals surface area contributed by atoms with Crippen LogP contribution in [0.3, 0.4) is 0 Å². The molecule has 0 saturated heterocycles. The largest absolute Gasteiger partial charge is 0.542 e. The van der Waals surface area contributed by atoms with E-state index in [1.165, 1.54) is 0 Å². The van der Waals surface area contributed by atoms with Crippen molar-refractivity contribution in [1.29, 1.82) is 0 Å². The van der Waals surface area contributed by atoms with E-state index in [-0.39, 0.29) is 47.0 Å². The average molecular weight is 495 g/mol. The highest BCUT2D eigenvalue weighted by Crippen LogP contribution is 2.43. The standard InChI is InChI=1S/C26H30N2O6Si/c1-7-26(32)17-11-18-21-14(12-28(18)23(30)16(17)13-33-24(26)31)10-15-19(29)8-9-20(22(15)27-21)34-35(5,6)25(2,3)4/h8-11,29,32H,7,12-13H2,1-6H3/t26-/m0/s1. The van der Waals surface area contributed by atoms with Crippen LogP contribution < -0.4 is 9.99 Å². The summed E-state index contributed by atoms with van der Waals surface area (Å²) in [5.74, 6) is -0.0871. The fraction of sp³-hybridized carbons (Fsp3) is 0.423. The fourth-order valence-corrected chi connectivity index (χ4v) is 5.56. The number of rotatable bonds is 3. The number of fused-ring (bicyclic) bond motifs is 5. The predicted octanol–water partition coefficient (Wildman–Crippen LogP) is 4.17. The van der Waals surface area contributed by atoms with E-state index in [0.29, 0.717) is 28.0 Å². The number of carbonyl (C=O) groups excluding carboxylic acids is 1. The number of benzene rings is 1. The number of hydrogen-bond donors (Lipinski definition) is 2. The molecule has 0 radical (unpaired) electrons. The molecule has 0 fully saturated rings. The zero-order valence-corrected chi connectivity index (χ0v) is 21.9. The van der Waals surface area contributed by atoms with Gasteiger partial charge in [-0.2, -0.15) is 0 Å². The second kappa shape index (κ2) is 7.41. The predicted molar refractivity (Wildman–Crippen MR) is 134 cm³/mol. The van der Waals surface area contributed by atoms with Gasteiger partial charge >= 0.3 is 5.97 Å². The zero-order valence-electron chi connectivity index (χ0n) is 20.9. The molecule has 2 aliphatic heterocycles. The summed E-state index contributed by atoms with van der Waals surface area (Å²) in [4.78, 5) is 30.7. The number of cyclic esters (lactones) is 1. The van der Waals surface area contributed by atoms with Crippen LogP contribution in [0.4, 0.5) is 0 Å². The number of aromatic nitrogens is 2. The summed E-state index contributed by atoms with van der Waals surface area (Å²) < 4.78 is 13.3. The highest BCUT2D eigenvalue weighted by molar-refractivity contribution is 6.74. The van der Waals surface area contributed by atoms with Gasteiger partial charge in [0.15, 0.2) is 5.60 Å². The third-order valence-electron chi connectivity index (χ3n) is 7.79. The summed E-state index contributed by atoms with van der Waals surface area (Å²) in [5.41, 5.74) is 0.726. The van der Waals surface area contributed by atoms with Gasteiger partial charge in [-0.3, -0.25) is 4.79 Å². The first-order valence-electron chi connectivity index (χ1n) is 11.8. The third-order valence-corrected chi connectivity index (χ3v) is 12.1. The summed E-state index contributed by atoms with van der Waals surface area (Å²) in [7, 11) is -2.20. The Morgan fingerprint density at radius 2 is 1.94 bits per heavy atom. The quantitative estimate of drug-likeness (QED) is 0.325. The number of aromatic hydroxyl groups is 1. The number of hydrogen-bond acceptors (Lipinski definition) is 7. The van der Waals surface area contributed by atoms with E-state index in [2.05, 4.69) is 33.9 Å². The Bertz CT molecular complexity index is 1470. The molecule has 3 aromatic rings. The van der Waals surface area contributed by atoms with Crippen LogP contribution in [0.1, 0.15) is 50.8 Å². The van der Waals surface area contributed by atoms with E-state index in [9.17, 15) is 19.8 Å². The first-order valence-corrected chi connectivity index (χ1v) is 14.7. The molecule has 8 nitrogen and oxygen atoms in total. The van der Waals surface area contributed by atoms with Gasteiger partial charge in [0.25, 0.3) is 13.9 Å². The summed E-state index contributed by atoms with van der Waals surface area (Å²) in [6, 6.07) is 6.86. The van der Waals surface area contributed by atoms with Crippen LogP contribution in [0, 0.1) is 0 Å². The Kier molecular flexibility index (Phi) is 4.99. The number of esters is 1. The minimum Gasteiger partial charge on any atom is -0.542 e. The lowest BCUT2D eigenvalue weighted by Crippen LogP contribution is -2.44. The number of pyridine rings is 2. The summed E-state index contributed by atoms with van der Waals surface area (Å²) in [6.45, 7) is 12.5. The van der Waals surface area contributed by atoms with Gasteiger partial charge in [0.2, 0.25) is 0 Å². The first kappa shape index (κ1) is 23.6. The molecule has 0 spiro atoms. The van der Waals surface area contributed by atoms with Crippen LogP contribution in [-0.4, -0.2) is 34.1 Å². The molecule has 4 heterocycles. The van der Waals surface area contributed by atoms with Crippen molar-refractivity contribution in [2.75, 3.05) is 0 Å². The Balaban J connectivity index is 1.74. The van der Waals surface area contributed by atoms with Crippen LogP contribution in [0.5, 0.6) is 11.5 Å². The second-order valence-electron chi connectivity index (χ2n) is 10.9. The molecule has 9 heteroatoms. The lowest BCUT2D eigenvalue weighted by atomic mass is 9.86. The van der Waals surface area contributed by atoms with Crippen LogP contribution in [0.2, 0.25) is 18.1 Å². The molecule has 184 valence electrons. The summed E-state index contributed by atoms with van der Waals surface area (Å²) in [6.07, 6.45) is 0.0815. The zero-order chi connectivity index (χ0) is 25.5. The molecule has 2 N–H and O–H groups in total. The molecular formula is C26H30N2O6Si. The molecule has 0 aliphatic carbocycles. The third kappa shape index (κ3) is 3.32. The minimum absolute atomic E-state index is 0.0356. The molecule has 0 saturated carbocycles. The second-order valence-corrected chi connectivity index (χ2v) is 15.7. The van der Waals surface area contributed by atoms with Crippen molar-refractivity contribution in [2.45, 2.75) is 71.0 Å². The molecule has 35 heavy (non-hydrogen) atoms. The van der Waals surface area contributed by atoms with Crippen molar-refractivity contribution in [3.63, 3.8) is 0 Å². The topological polar surface area (TPSA) is 111 Å². The SMILES string of the molecule is CC[C@@]1(O)C(=O)OCc2c1cc1n(c2=O)Cc2cc3c(O)ccc(O[Si](C)(C)C(C)(C)C)c3nc2-1. The minimum atomic E-state index is -2.20. The smallest absolute Gasteiger partial charge is 0.343 e. The number of nitrogens with zero attached hydrogens (tertiary/aromatic N) is 2. The number of carbonyl (C=O) groups is 1. The fourth-order valence-electron chi connectivity index (χ4n) is 4.54. The number of phenols is 1. The van der Waals surface area contributed by atoms with E-state index in [1.807, 2.05) is 6.07 Å². The Labute approximate surface area is 204 Å². The highest BCUT2D eigenvalue weighted by atomic mass is 28.4. The van der Waals surface area contributed by atoms with Gasteiger partial charge in [0, 0.05) is 16.5 Å². The van der Waals surface area contributed by atoms with Gasteiger partial charge in [0.05, 0.1) is 23.5 Å². The van der Waals surface area contributed by atoms with Crippen LogP contribution in [-0.2, 0) is 28.3 Å². The Morgan fingerprint density at radius 3 is 2.60 bits per heavy atom. The maximum atomic E-state index is 13.4. The maximum Gasteiger partial charge on any atom is 0.343 e. The molecule has 5 rings (SSSR count). The summed E-state index contributed by atoms with van der Waals surface area (Å²) in [5, 5.41) is 22.2. The van der Waals surface area contributed by atoms with E-state index < -0.39 is 19.9 Å².